The van der Waals surface area contributed by atoms with Gasteiger partial charge in [-0.1, -0.05) is 36.4 Å². The Labute approximate surface area is 111 Å². The van der Waals surface area contributed by atoms with Gasteiger partial charge in [0.15, 0.2) is 5.96 Å². The fraction of sp³-hybridized carbons (Fsp3) is 0. The summed E-state index contributed by atoms with van der Waals surface area (Å²) in [5, 5.41) is 18.6. The fourth-order valence-electron chi connectivity index (χ4n) is 1.68. The monoisotopic (exact) mass is 253 g/mol. The molecular formula is C14H15N5. The van der Waals surface area contributed by atoms with Crippen LogP contribution in [0.5, 0.6) is 0 Å². The van der Waals surface area contributed by atoms with Crippen molar-refractivity contribution in [3.63, 3.8) is 0 Å². The third kappa shape index (κ3) is 3.10. The van der Waals surface area contributed by atoms with Crippen LogP contribution in [-0.4, -0.2) is 11.9 Å². The number of hydrogen-bond donors (Lipinski definition) is 4. The summed E-state index contributed by atoms with van der Waals surface area (Å²) in [6.45, 7) is 0. The van der Waals surface area contributed by atoms with Crippen molar-refractivity contribution >= 4 is 23.3 Å². The van der Waals surface area contributed by atoms with Crippen LogP contribution in [-0.2, 0) is 0 Å². The van der Waals surface area contributed by atoms with Crippen LogP contribution in [0.3, 0.4) is 0 Å². The highest BCUT2D eigenvalue weighted by atomic mass is 15.3. The molecule has 0 atom stereocenters. The zero-order chi connectivity index (χ0) is 13.7. The standard InChI is InChI=1S/C14H15N5/c15-13(16)19(12-9-5-2-6-10-12)14(17)18-11-7-3-1-4-8-11/h1-10H,(H3,15,16)(H2,17,18). The number of para-hydroxylation sites is 2. The SMILES string of the molecule is N=C(N)N(C(=N)Nc1ccccc1)c1ccccc1. The number of nitrogens with one attached hydrogen (secondary N) is 3. The minimum Gasteiger partial charge on any atom is -0.369 e. The van der Waals surface area contributed by atoms with E-state index in [9.17, 15) is 0 Å². The summed E-state index contributed by atoms with van der Waals surface area (Å²) in [7, 11) is 0. The van der Waals surface area contributed by atoms with Crippen LogP contribution in [0.25, 0.3) is 0 Å². The van der Waals surface area contributed by atoms with E-state index in [0.717, 1.165) is 5.69 Å². The van der Waals surface area contributed by atoms with E-state index >= 15 is 0 Å². The Morgan fingerprint density at radius 1 is 0.895 bits per heavy atom. The molecule has 0 spiro atoms. The lowest BCUT2D eigenvalue weighted by atomic mass is 10.3. The molecule has 0 aliphatic heterocycles. The second kappa shape index (κ2) is 5.68. The number of nitrogens with zero attached hydrogens (tertiary/aromatic N) is 1. The first-order valence-corrected chi connectivity index (χ1v) is 5.78. The van der Waals surface area contributed by atoms with Crippen molar-refractivity contribution in [3.8, 4) is 0 Å². The first-order valence-electron chi connectivity index (χ1n) is 5.78. The molecule has 5 nitrogen and oxygen atoms in total. The van der Waals surface area contributed by atoms with Crippen molar-refractivity contribution in [1.82, 2.24) is 0 Å². The molecule has 5 heteroatoms. The van der Waals surface area contributed by atoms with Gasteiger partial charge in [0.2, 0.25) is 5.96 Å². The van der Waals surface area contributed by atoms with E-state index in [2.05, 4.69) is 5.32 Å². The Morgan fingerprint density at radius 2 is 1.42 bits per heavy atom. The Bertz CT molecular complexity index is 565. The number of rotatable bonds is 2. The molecule has 0 aliphatic rings. The normalized spacial score (nSPS) is 9.68. The van der Waals surface area contributed by atoms with Crippen LogP contribution in [0.2, 0.25) is 0 Å². The van der Waals surface area contributed by atoms with E-state index in [1.807, 2.05) is 48.5 Å². The van der Waals surface area contributed by atoms with E-state index < -0.39 is 0 Å². The lowest BCUT2D eigenvalue weighted by Gasteiger charge is -2.23. The Hall–Kier alpha value is -2.82. The van der Waals surface area contributed by atoms with Crippen molar-refractivity contribution in [2.45, 2.75) is 0 Å². The zero-order valence-corrected chi connectivity index (χ0v) is 10.3. The summed E-state index contributed by atoms with van der Waals surface area (Å²) < 4.78 is 0. The molecule has 2 aromatic carbocycles. The Morgan fingerprint density at radius 3 is 1.95 bits per heavy atom. The van der Waals surface area contributed by atoms with Gasteiger partial charge in [-0.15, -0.1) is 0 Å². The van der Waals surface area contributed by atoms with Crippen LogP contribution in [0.1, 0.15) is 0 Å². The van der Waals surface area contributed by atoms with Gasteiger partial charge in [0, 0.05) is 5.69 Å². The van der Waals surface area contributed by atoms with Gasteiger partial charge in [-0.25, -0.2) is 0 Å². The molecule has 0 heterocycles. The number of nitrogens with two attached hydrogens (primary N) is 1. The third-order valence-electron chi connectivity index (χ3n) is 2.52. The molecule has 0 saturated carbocycles. The maximum atomic E-state index is 8.05. The maximum Gasteiger partial charge on any atom is 0.207 e. The summed E-state index contributed by atoms with van der Waals surface area (Å²) >= 11 is 0. The van der Waals surface area contributed by atoms with Gasteiger partial charge < -0.3 is 11.1 Å². The van der Waals surface area contributed by atoms with Gasteiger partial charge in [-0.05, 0) is 24.3 Å². The highest BCUT2D eigenvalue weighted by molar-refractivity contribution is 6.19. The molecule has 96 valence electrons. The molecular weight excluding hydrogens is 238 g/mol. The largest absolute Gasteiger partial charge is 0.369 e. The predicted molar refractivity (Wildman–Crippen MR) is 78.6 cm³/mol. The average Bonchev–Trinajstić information content (AvgIpc) is 2.40. The molecule has 0 bridgehead atoms. The van der Waals surface area contributed by atoms with Crippen LogP contribution < -0.4 is 16.0 Å². The lowest BCUT2D eigenvalue weighted by molar-refractivity contribution is 1.25. The summed E-state index contributed by atoms with van der Waals surface area (Å²) in [5.41, 5.74) is 6.99. The van der Waals surface area contributed by atoms with Crippen LogP contribution >= 0.6 is 0 Å². The van der Waals surface area contributed by atoms with E-state index in [1.54, 1.807) is 12.1 Å². The molecule has 5 N–H and O–H groups in total. The van der Waals surface area contributed by atoms with Gasteiger partial charge in [0.25, 0.3) is 0 Å². The second-order valence-electron chi connectivity index (χ2n) is 3.90. The lowest BCUT2D eigenvalue weighted by Crippen LogP contribution is -2.44. The number of hydrogen-bond acceptors (Lipinski definition) is 2. The molecule has 0 radical (unpaired) electrons. The minimum atomic E-state index is -0.209. The summed E-state index contributed by atoms with van der Waals surface area (Å²) in [5.74, 6) is -0.176. The van der Waals surface area contributed by atoms with Crippen LogP contribution in [0.4, 0.5) is 11.4 Å². The van der Waals surface area contributed by atoms with Crippen molar-refractivity contribution in [3.05, 3.63) is 60.7 Å². The topological polar surface area (TPSA) is 89.0 Å². The van der Waals surface area contributed by atoms with E-state index in [-0.39, 0.29) is 11.9 Å². The first kappa shape index (κ1) is 12.6. The van der Waals surface area contributed by atoms with E-state index in [4.69, 9.17) is 16.6 Å². The molecule has 0 amide bonds. The van der Waals surface area contributed by atoms with E-state index in [1.165, 1.54) is 4.90 Å². The number of anilines is 2. The molecule has 19 heavy (non-hydrogen) atoms. The Kier molecular flexibility index (Phi) is 3.78. The predicted octanol–water partition coefficient (Wildman–Crippen LogP) is 2.43. The Balaban J connectivity index is 2.21. The maximum absolute atomic E-state index is 8.05. The van der Waals surface area contributed by atoms with Gasteiger partial charge in [0.05, 0.1) is 5.69 Å². The van der Waals surface area contributed by atoms with Gasteiger partial charge in [0.1, 0.15) is 0 Å². The fourth-order valence-corrected chi connectivity index (χ4v) is 1.68. The van der Waals surface area contributed by atoms with Crippen molar-refractivity contribution < 1.29 is 0 Å². The van der Waals surface area contributed by atoms with Gasteiger partial charge in [-0.3, -0.25) is 15.7 Å². The average molecular weight is 253 g/mol. The molecule has 0 fully saturated rings. The summed E-state index contributed by atoms with van der Waals surface area (Å²) in [4.78, 5) is 1.33. The second-order valence-corrected chi connectivity index (χ2v) is 3.90. The highest BCUT2D eigenvalue weighted by Crippen LogP contribution is 2.14. The van der Waals surface area contributed by atoms with Crippen molar-refractivity contribution in [2.24, 2.45) is 5.73 Å². The van der Waals surface area contributed by atoms with Gasteiger partial charge in [-0.2, -0.15) is 0 Å². The molecule has 0 aliphatic carbocycles. The number of guanidine groups is 2. The zero-order valence-electron chi connectivity index (χ0n) is 10.3. The summed E-state index contributed by atoms with van der Waals surface area (Å²) in [6, 6.07) is 18.5. The summed E-state index contributed by atoms with van der Waals surface area (Å²) in [6.07, 6.45) is 0. The van der Waals surface area contributed by atoms with E-state index in [0.29, 0.717) is 5.69 Å². The first-order chi connectivity index (χ1) is 9.18. The molecule has 0 unspecified atom stereocenters. The highest BCUT2D eigenvalue weighted by Gasteiger charge is 2.14. The molecule has 0 aromatic heterocycles. The smallest absolute Gasteiger partial charge is 0.207 e. The van der Waals surface area contributed by atoms with Crippen LogP contribution in [0, 0.1) is 10.8 Å². The third-order valence-corrected chi connectivity index (χ3v) is 2.52. The quantitative estimate of drug-likeness (QED) is 0.489. The minimum absolute atomic E-state index is 0.0323. The van der Waals surface area contributed by atoms with Crippen molar-refractivity contribution in [1.29, 1.82) is 10.8 Å². The molecule has 0 saturated heterocycles. The van der Waals surface area contributed by atoms with Gasteiger partial charge >= 0.3 is 0 Å². The molecule has 2 aromatic rings. The number of benzene rings is 2. The molecule has 2 rings (SSSR count). The van der Waals surface area contributed by atoms with Crippen molar-refractivity contribution in [2.75, 3.05) is 10.2 Å². The van der Waals surface area contributed by atoms with Crippen LogP contribution in [0.15, 0.2) is 60.7 Å².